The van der Waals surface area contributed by atoms with Crippen LogP contribution in [0.5, 0.6) is 0 Å². The average molecular weight is 443 g/mol. The molecule has 1 N–H and O–H groups in total. The van der Waals surface area contributed by atoms with E-state index in [9.17, 15) is 26.3 Å². The average Bonchev–Trinajstić information content (AvgIpc) is 3.13. The summed E-state index contributed by atoms with van der Waals surface area (Å²) in [6.45, 7) is 5.89. The normalized spacial score (nSPS) is 12.7. The molecule has 3 rings (SSSR count). The number of ether oxygens (including phenoxy) is 1. The summed E-state index contributed by atoms with van der Waals surface area (Å²) >= 11 is 0. The van der Waals surface area contributed by atoms with Gasteiger partial charge in [-0.2, -0.15) is 26.3 Å². The van der Waals surface area contributed by atoms with Crippen molar-refractivity contribution in [2.75, 3.05) is 18.5 Å². The first-order valence-electron chi connectivity index (χ1n) is 8.84. The minimum Gasteiger partial charge on any atom is -0.436 e. The van der Waals surface area contributed by atoms with Gasteiger partial charge in [-0.25, -0.2) is 9.83 Å². The summed E-state index contributed by atoms with van der Waals surface area (Å²) in [5, 5.41) is 2.70. The van der Waals surface area contributed by atoms with Crippen LogP contribution in [0.15, 0.2) is 46.9 Å². The number of aromatic nitrogens is 1. The molecular weight excluding hydrogens is 428 g/mol. The first-order chi connectivity index (χ1) is 14.4. The van der Waals surface area contributed by atoms with Crippen LogP contribution in [-0.4, -0.2) is 36.1 Å². The Bertz CT molecular complexity index is 1080. The Kier molecular flexibility index (Phi) is 5.87. The highest BCUT2D eigenvalue weighted by Gasteiger charge is 2.69. The Hall–Kier alpha value is -3.26. The number of nitrogens with zero attached hydrogens (tertiary/aromatic N) is 2. The predicted octanol–water partition coefficient (Wildman–Crippen LogP) is 6.36. The third-order valence-electron chi connectivity index (χ3n) is 4.54. The molecule has 0 aliphatic rings. The van der Waals surface area contributed by atoms with Crippen molar-refractivity contribution in [2.45, 2.75) is 24.9 Å². The molecule has 0 aliphatic carbocycles. The topological polar surface area (TPSA) is 51.7 Å². The Morgan fingerprint density at radius 3 is 2.26 bits per heavy atom. The number of fused-ring (bicyclic) bond motifs is 1. The summed E-state index contributed by atoms with van der Waals surface area (Å²) in [4.78, 5) is 7.62. The van der Waals surface area contributed by atoms with Crippen molar-refractivity contribution in [3.05, 3.63) is 53.9 Å². The monoisotopic (exact) mass is 443 g/mol. The first-order valence-corrected chi connectivity index (χ1v) is 8.84. The van der Waals surface area contributed by atoms with E-state index in [-0.39, 0.29) is 13.5 Å². The number of hydrogen-bond donors (Lipinski definition) is 1. The van der Waals surface area contributed by atoms with Crippen molar-refractivity contribution in [2.24, 2.45) is 0 Å². The molecule has 31 heavy (non-hydrogen) atoms. The van der Waals surface area contributed by atoms with E-state index in [0.29, 0.717) is 33.9 Å². The summed E-state index contributed by atoms with van der Waals surface area (Å²) in [5.41, 5.74) is -1.75. The van der Waals surface area contributed by atoms with Gasteiger partial charge < -0.3 is 14.5 Å². The Morgan fingerprint density at radius 1 is 1.03 bits per heavy atom. The zero-order chi connectivity index (χ0) is 22.9. The SMILES string of the molecule is [C-]#[N+]c1ccc2oc(-c3ccc(NCCOC(C)(C(F)(F)F)C(F)(F)F)cc3)nc2c1. The molecule has 0 bridgehead atoms. The fourth-order valence-electron chi connectivity index (χ4n) is 2.61. The van der Waals surface area contributed by atoms with Gasteiger partial charge in [0.1, 0.15) is 0 Å². The number of alkyl halides is 6. The lowest BCUT2D eigenvalue weighted by Crippen LogP contribution is -2.56. The Morgan fingerprint density at radius 2 is 1.68 bits per heavy atom. The van der Waals surface area contributed by atoms with E-state index in [1.165, 1.54) is 0 Å². The molecule has 0 atom stereocenters. The summed E-state index contributed by atoms with van der Waals surface area (Å²) in [6, 6.07) is 11.2. The van der Waals surface area contributed by atoms with Crippen molar-refractivity contribution < 1.29 is 35.5 Å². The number of anilines is 1. The van der Waals surface area contributed by atoms with Gasteiger partial charge in [0, 0.05) is 17.8 Å². The zero-order valence-corrected chi connectivity index (χ0v) is 15.9. The van der Waals surface area contributed by atoms with E-state index in [1.807, 2.05) is 0 Å². The standard InChI is InChI=1S/C20H15F6N3O2/c1-18(19(21,22)23,20(24,25)26)30-10-9-28-13-5-3-12(4-6-13)17-29-15-11-14(27-2)7-8-16(15)31-17/h3-8,11,28H,9-10H2,1H3. The number of oxazole rings is 1. The lowest BCUT2D eigenvalue weighted by atomic mass is 10.1. The number of nitrogens with one attached hydrogen (secondary N) is 1. The van der Waals surface area contributed by atoms with Crippen LogP contribution in [-0.2, 0) is 4.74 Å². The molecule has 1 heterocycles. The molecule has 2 aromatic carbocycles. The number of benzene rings is 2. The van der Waals surface area contributed by atoms with E-state index in [2.05, 4.69) is 19.9 Å². The van der Waals surface area contributed by atoms with Crippen LogP contribution in [0, 0.1) is 6.57 Å². The molecule has 0 spiro atoms. The van der Waals surface area contributed by atoms with E-state index in [4.69, 9.17) is 11.0 Å². The van der Waals surface area contributed by atoms with Crippen LogP contribution >= 0.6 is 0 Å². The maximum Gasteiger partial charge on any atom is 0.426 e. The first kappa shape index (κ1) is 22.4. The highest BCUT2D eigenvalue weighted by molar-refractivity contribution is 5.80. The van der Waals surface area contributed by atoms with Crippen LogP contribution in [0.2, 0.25) is 0 Å². The van der Waals surface area contributed by atoms with Crippen molar-refractivity contribution >= 4 is 22.5 Å². The number of hydrogen-bond acceptors (Lipinski definition) is 4. The lowest BCUT2D eigenvalue weighted by Gasteiger charge is -2.33. The molecule has 0 saturated carbocycles. The van der Waals surface area contributed by atoms with E-state index >= 15 is 0 Å². The van der Waals surface area contributed by atoms with Gasteiger partial charge in [-0.05, 0) is 43.3 Å². The highest BCUT2D eigenvalue weighted by atomic mass is 19.4. The van der Waals surface area contributed by atoms with Crippen molar-refractivity contribution in [1.29, 1.82) is 0 Å². The molecule has 5 nitrogen and oxygen atoms in total. The molecule has 0 amide bonds. The van der Waals surface area contributed by atoms with Gasteiger partial charge in [-0.15, -0.1) is 0 Å². The molecule has 0 radical (unpaired) electrons. The molecule has 3 aromatic rings. The smallest absolute Gasteiger partial charge is 0.426 e. The fourth-order valence-corrected chi connectivity index (χ4v) is 2.61. The van der Waals surface area contributed by atoms with Gasteiger partial charge in [-0.1, -0.05) is 6.07 Å². The third-order valence-corrected chi connectivity index (χ3v) is 4.54. The Balaban J connectivity index is 1.62. The van der Waals surface area contributed by atoms with Crippen LogP contribution in [0.3, 0.4) is 0 Å². The van der Waals surface area contributed by atoms with Gasteiger partial charge in [0.25, 0.3) is 5.60 Å². The quantitative estimate of drug-likeness (QED) is 0.274. The van der Waals surface area contributed by atoms with Crippen LogP contribution in [0.1, 0.15) is 6.92 Å². The van der Waals surface area contributed by atoms with E-state index in [1.54, 1.807) is 42.5 Å². The van der Waals surface area contributed by atoms with Crippen LogP contribution < -0.4 is 5.32 Å². The van der Waals surface area contributed by atoms with Gasteiger partial charge in [-0.3, -0.25) is 0 Å². The summed E-state index contributed by atoms with van der Waals surface area (Å²) < 4.78 is 86.5. The lowest BCUT2D eigenvalue weighted by molar-refractivity contribution is -0.373. The molecule has 1 aromatic heterocycles. The largest absolute Gasteiger partial charge is 0.436 e. The number of rotatable bonds is 6. The van der Waals surface area contributed by atoms with E-state index in [0.717, 1.165) is 0 Å². The molecular formula is C20H15F6N3O2. The number of halogens is 6. The maximum atomic E-state index is 12.8. The highest BCUT2D eigenvalue weighted by Crippen LogP contribution is 2.45. The van der Waals surface area contributed by atoms with Gasteiger partial charge in [0.05, 0.1) is 18.7 Å². The molecule has 0 unspecified atom stereocenters. The molecule has 0 saturated heterocycles. The summed E-state index contributed by atoms with van der Waals surface area (Å²) in [7, 11) is 0. The molecule has 0 aliphatic heterocycles. The summed E-state index contributed by atoms with van der Waals surface area (Å²) in [5.74, 6) is 0.304. The molecule has 164 valence electrons. The van der Waals surface area contributed by atoms with Gasteiger partial charge in [0.2, 0.25) is 5.89 Å². The maximum absolute atomic E-state index is 12.8. The van der Waals surface area contributed by atoms with Crippen molar-refractivity contribution in [3.63, 3.8) is 0 Å². The van der Waals surface area contributed by atoms with Crippen LogP contribution in [0.4, 0.5) is 37.7 Å². The second kappa shape index (κ2) is 8.11. The second-order valence-electron chi connectivity index (χ2n) is 6.66. The van der Waals surface area contributed by atoms with E-state index < -0.39 is 24.6 Å². The summed E-state index contributed by atoms with van der Waals surface area (Å²) in [6.07, 6.45) is -11.2. The van der Waals surface area contributed by atoms with Crippen LogP contribution in [0.25, 0.3) is 27.4 Å². The minimum atomic E-state index is -5.60. The molecule has 11 heteroatoms. The Labute approximate surface area is 172 Å². The fraction of sp³-hybridized carbons (Fsp3) is 0.300. The minimum absolute atomic E-state index is 0.0385. The molecule has 0 fully saturated rings. The van der Waals surface area contributed by atoms with Crippen molar-refractivity contribution in [1.82, 2.24) is 4.98 Å². The zero-order valence-electron chi connectivity index (χ0n) is 15.9. The predicted molar refractivity (Wildman–Crippen MR) is 101 cm³/mol. The van der Waals surface area contributed by atoms with Crippen molar-refractivity contribution in [3.8, 4) is 11.5 Å². The second-order valence-corrected chi connectivity index (χ2v) is 6.66. The third kappa shape index (κ3) is 4.59. The van der Waals surface area contributed by atoms with Gasteiger partial charge >= 0.3 is 12.4 Å². The van der Waals surface area contributed by atoms with Gasteiger partial charge in [0.15, 0.2) is 11.3 Å².